The first kappa shape index (κ1) is 22.5. The molecule has 0 saturated heterocycles. The number of aromatic nitrogens is 2. The first-order chi connectivity index (χ1) is 15.6. The number of carbonyl (C=O) groups excluding carboxylic acids is 1. The molecule has 0 radical (unpaired) electrons. The van der Waals surface area contributed by atoms with Gasteiger partial charge in [-0.2, -0.15) is 5.10 Å². The zero-order valence-corrected chi connectivity index (χ0v) is 19.3. The number of H-pyrrole nitrogens is 1. The first-order valence-electron chi connectivity index (χ1n) is 12.0. The molecule has 0 saturated carbocycles. The lowest BCUT2D eigenvalue weighted by atomic mass is 9.99. The molecule has 0 fully saturated rings. The third-order valence-corrected chi connectivity index (χ3v) is 6.73. The second-order valence-corrected chi connectivity index (χ2v) is 8.71. The van der Waals surface area contributed by atoms with E-state index in [9.17, 15) is 4.79 Å². The Balaban J connectivity index is 1.36. The zero-order chi connectivity index (χ0) is 22.5. The average Bonchev–Trinajstić information content (AvgIpc) is 3.44. The molecular formula is C26H35N5O. The molecule has 1 atom stereocenters. The standard InChI is InChI=1S/C26H35N5O/c1-3-30(4-2)17-6-5-9-19(27)10-8-18-31-24-14-13-20(23-15-16-28-29-23)21-11-7-12-22(25(21)24)26(31)32/h7,11-16,19H,3-6,8-10,17-18,27H2,1-2H3,(H,28,29). The van der Waals surface area contributed by atoms with Crippen LogP contribution >= 0.6 is 0 Å². The largest absolute Gasteiger partial charge is 0.328 e. The molecule has 2 heterocycles. The van der Waals surface area contributed by atoms with Gasteiger partial charge < -0.3 is 15.5 Å². The summed E-state index contributed by atoms with van der Waals surface area (Å²) in [6, 6.07) is 12.3. The van der Waals surface area contributed by atoms with Gasteiger partial charge in [0.05, 0.1) is 11.4 Å². The van der Waals surface area contributed by atoms with Crippen LogP contribution in [-0.2, 0) is 0 Å². The van der Waals surface area contributed by atoms with E-state index in [2.05, 4.69) is 47.1 Å². The summed E-state index contributed by atoms with van der Waals surface area (Å²) in [7, 11) is 0. The van der Waals surface area contributed by atoms with Crippen molar-refractivity contribution in [2.24, 2.45) is 5.73 Å². The Bertz CT molecular complexity index is 1040. The van der Waals surface area contributed by atoms with E-state index in [0.717, 1.165) is 72.2 Å². The fourth-order valence-electron chi connectivity index (χ4n) is 4.85. The third kappa shape index (κ3) is 4.57. The van der Waals surface area contributed by atoms with E-state index in [1.807, 2.05) is 23.1 Å². The fourth-order valence-corrected chi connectivity index (χ4v) is 4.85. The highest BCUT2D eigenvalue weighted by molar-refractivity contribution is 6.26. The molecule has 3 aromatic rings. The highest BCUT2D eigenvalue weighted by atomic mass is 16.2. The van der Waals surface area contributed by atoms with Gasteiger partial charge in [-0.1, -0.05) is 38.5 Å². The van der Waals surface area contributed by atoms with E-state index in [1.54, 1.807) is 6.20 Å². The lowest BCUT2D eigenvalue weighted by Gasteiger charge is -2.20. The Labute approximate surface area is 190 Å². The Kier molecular flexibility index (Phi) is 7.22. The van der Waals surface area contributed by atoms with Crippen LogP contribution in [0.15, 0.2) is 42.6 Å². The van der Waals surface area contributed by atoms with Gasteiger partial charge in [0.1, 0.15) is 0 Å². The van der Waals surface area contributed by atoms with E-state index in [1.165, 1.54) is 12.8 Å². The summed E-state index contributed by atoms with van der Waals surface area (Å²) in [5.74, 6) is 0.0974. The van der Waals surface area contributed by atoms with Gasteiger partial charge in [0.25, 0.3) is 5.91 Å². The van der Waals surface area contributed by atoms with Crippen molar-refractivity contribution in [3.8, 4) is 11.3 Å². The summed E-state index contributed by atoms with van der Waals surface area (Å²) in [5, 5.41) is 9.26. The van der Waals surface area contributed by atoms with Crippen molar-refractivity contribution in [1.82, 2.24) is 15.1 Å². The number of hydrogen-bond acceptors (Lipinski definition) is 4. The number of aromatic amines is 1. The molecule has 0 aliphatic carbocycles. The Hall–Kier alpha value is -2.70. The molecule has 170 valence electrons. The molecule has 1 aliphatic rings. The van der Waals surface area contributed by atoms with Crippen LogP contribution in [0.1, 0.15) is 56.3 Å². The molecule has 6 nitrogen and oxygen atoms in total. The van der Waals surface area contributed by atoms with E-state index < -0.39 is 0 Å². The monoisotopic (exact) mass is 433 g/mol. The maximum absolute atomic E-state index is 13.2. The number of nitrogens with zero attached hydrogens (tertiary/aromatic N) is 3. The number of nitrogens with two attached hydrogens (primary N) is 1. The number of hydrogen-bond donors (Lipinski definition) is 2. The van der Waals surface area contributed by atoms with Crippen LogP contribution < -0.4 is 10.6 Å². The molecule has 0 bridgehead atoms. The first-order valence-corrected chi connectivity index (χ1v) is 12.0. The summed E-state index contributed by atoms with van der Waals surface area (Å²) in [6.45, 7) is 8.53. The third-order valence-electron chi connectivity index (χ3n) is 6.73. The van der Waals surface area contributed by atoms with Crippen molar-refractivity contribution in [3.63, 3.8) is 0 Å². The van der Waals surface area contributed by atoms with Crippen LogP contribution in [0.4, 0.5) is 5.69 Å². The number of benzene rings is 2. The molecule has 4 rings (SSSR count). The van der Waals surface area contributed by atoms with Crippen LogP contribution in [0, 0.1) is 0 Å². The highest BCUT2D eigenvalue weighted by Gasteiger charge is 2.30. The second-order valence-electron chi connectivity index (χ2n) is 8.71. The van der Waals surface area contributed by atoms with Gasteiger partial charge in [0.2, 0.25) is 0 Å². The second kappa shape index (κ2) is 10.3. The molecule has 2 aromatic carbocycles. The minimum atomic E-state index is 0.0974. The van der Waals surface area contributed by atoms with Gasteiger partial charge in [-0.15, -0.1) is 0 Å². The molecule has 0 spiro atoms. The van der Waals surface area contributed by atoms with Crippen LogP contribution in [-0.4, -0.2) is 53.2 Å². The Morgan fingerprint density at radius 2 is 1.84 bits per heavy atom. The predicted molar refractivity (Wildman–Crippen MR) is 132 cm³/mol. The van der Waals surface area contributed by atoms with Crippen molar-refractivity contribution in [2.45, 2.75) is 52.0 Å². The predicted octanol–water partition coefficient (Wildman–Crippen LogP) is 4.81. The minimum absolute atomic E-state index is 0.0974. The van der Waals surface area contributed by atoms with Crippen molar-refractivity contribution >= 4 is 22.4 Å². The Morgan fingerprint density at radius 1 is 1.03 bits per heavy atom. The van der Waals surface area contributed by atoms with E-state index in [0.29, 0.717) is 6.54 Å². The summed E-state index contributed by atoms with van der Waals surface area (Å²) in [5.41, 5.74) is 10.2. The number of rotatable bonds is 12. The van der Waals surface area contributed by atoms with Crippen LogP contribution in [0.25, 0.3) is 22.0 Å². The molecule has 1 amide bonds. The van der Waals surface area contributed by atoms with E-state index in [4.69, 9.17) is 5.73 Å². The summed E-state index contributed by atoms with van der Waals surface area (Å²) < 4.78 is 0. The van der Waals surface area contributed by atoms with Gasteiger partial charge in [0.15, 0.2) is 0 Å². The summed E-state index contributed by atoms with van der Waals surface area (Å²) >= 11 is 0. The molecule has 6 heteroatoms. The van der Waals surface area contributed by atoms with E-state index in [-0.39, 0.29) is 11.9 Å². The molecule has 1 unspecified atom stereocenters. The van der Waals surface area contributed by atoms with Crippen LogP contribution in [0.5, 0.6) is 0 Å². The summed E-state index contributed by atoms with van der Waals surface area (Å²) in [6.07, 6.45) is 7.04. The van der Waals surface area contributed by atoms with Gasteiger partial charge >= 0.3 is 0 Å². The van der Waals surface area contributed by atoms with Gasteiger partial charge in [-0.25, -0.2) is 0 Å². The Morgan fingerprint density at radius 3 is 2.59 bits per heavy atom. The molecule has 1 aliphatic heterocycles. The highest BCUT2D eigenvalue weighted by Crippen LogP contribution is 2.41. The SMILES string of the molecule is CCN(CC)CCCCC(N)CCCN1C(=O)c2cccc3c(-c4ccn[nH]4)ccc1c23. The maximum atomic E-state index is 13.2. The van der Waals surface area contributed by atoms with Crippen molar-refractivity contribution in [2.75, 3.05) is 31.1 Å². The molecule has 3 N–H and O–H groups in total. The number of anilines is 1. The van der Waals surface area contributed by atoms with Crippen molar-refractivity contribution in [3.05, 3.63) is 48.2 Å². The van der Waals surface area contributed by atoms with Gasteiger partial charge in [-0.3, -0.25) is 9.89 Å². The normalized spacial score (nSPS) is 14.1. The number of nitrogens with one attached hydrogen (secondary N) is 1. The van der Waals surface area contributed by atoms with Crippen LogP contribution in [0.3, 0.4) is 0 Å². The van der Waals surface area contributed by atoms with Gasteiger partial charge in [-0.05, 0) is 68.9 Å². The lowest BCUT2D eigenvalue weighted by Crippen LogP contribution is -2.29. The lowest BCUT2D eigenvalue weighted by molar-refractivity contribution is 0.0992. The smallest absolute Gasteiger partial charge is 0.258 e. The topological polar surface area (TPSA) is 78.2 Å². The van der Waals surface area contributed by atoms with Crippen molar-refractivity contribution in [1.29, 1.82) is 0 Å². The maximum Gasteiger partial charge on any atom is 0.258 e. The quantitative estimate of drug-likeness (QED) is 0.402. The average molecular weight is 434 g/mol. The number of unbranched alkanes of at least 4 members (excludes halogenated alkanes) is 1. The minimum Gasteiger partial charge on any atom is -0.328 e. The zero-order valence-electron chi connectivity index (χ0n) is 19.3. The molecule has 1 aromatic heterocycles. The molecular weight excluding hydrogens is 398 g/mol. The van der Waals surface area contributed by atoms with Gasteiger partial charge in [0, 0.05) is 35.3 Å². The van der Waals surface area contributed by atoms with Crippen LogP contribution in [0.2, 0.25) is 0 Å². The molecule has 32 heavy (non-hydrogen) atoms. The summed E-state index contributed by atoms with van der Waals surface area (Å²) in [4.78, 5) is 17.5. The fraction of sp³-hybridized carbons (Fsp3) is 0.462. The van der Waals surface area contributed by atoms with Crippen molar-refractivity contribution < 1.29 is 4.79 Å². The number of amides is 1. The number of carbonyl (C=O) groups is 1. The van der Waals surface area contributed by atoms with E-state index >= 15 is 0 Å².